The highest BCUT2D eigenvalue weighted by Crippen LogP contribution is 2.23. The minimum absolute atomic E-state index is 0.0915. The van der Waals surface area contributed by atoms with E-state index in [-0.39, 0.29) is 11.9 Å². The van der Waals surface area contributed by atoms with Crippen molar-refractivity contribution in [2.45, 2.75) is 26.8 Å². The Labute approximate surface area is 161 Å². The predicted octanol–water partition coefficient (Wildman–Crippen LogP) is 4.81. The van der Waals surface area contributed by atoms with Crippen LogP contribution in [0.15, 0.2) is 64.0 Å². The molecule has 0 aliphatic carbocycles. The third-order valence-corrected chi connectivity index (χ3v) is 4.72. The number of aromatic nitrogens is 1. The fourth-order valence-corrected chi connectivity index (χ4v) is 3.51. The van der Waals surface area contributed by atoms with Crippen molar-refractivity contribution in [3.05, 3.63) is 75.7 Å². The number of halogens is 1. The molecule has 0 unspecified atom stereocenters. The van der Waals surface area contributed by atoms with Crippen molar-refractivity contribution in [1.82, 2.24) is 4.68 Å². The van der Waals surface area contributed by atoms with Gasteiger partial charge in [-0.3, -0.25) is 4.99 Å². The van der Waals surface area contributed by atoms with Gasteiger partial charge in [-0.1, -0.05) is 24.3 Å². The van der Waals surface area contributed by atoms with Crippen LogP contribution in [0.5, 0.6) is 0 Å². The zero-order valence-corrected chi connectivity index (χ0v) is 16.2. The Morgan fingerprint density at radius 2 is 1.85 bits per heavy atom. The highest BCUT2D eigenvalue weighted by Gasteiger charge is 2.12. The molecule has 0 saturated carbocycles. The molecule has 136 valence electrons. The van der Waals surface area contributed by atoms with E-state index in [1.165, 1.54) is 17.4 Å². The third kappa shape index (κ3) is 4.21. The van der Waals surface area contributed by atoms with Gasteiger partial charge in [0.2, 0.25) is 4.80 Å². The summed E-state index contributed by atoms with van der Waals surface area (Å²) in [5.74, 6) is -0.300. The Morgan fingerprint density at radius 1 is 1.15 bits per heavy atom. The van der Waals surface area contributed by atoms with Crippen molar-refractivity contribution in [3.63, 3.8) is 0 Å². The molecule has 2 aromatic carbocycles. The van der Waals surface area contributed by atoms with E-state index in [0.717, 1.165) is 11.3 Å². The minimum atomic E-state index is -0.300. The average molecular weight is 378 g/mol. The van der Waals surface area contributed by atoms with Crippen molar-refractivity contribution < 1.29 is 4.39 Å². The van der Waals surface area contributed by atoms with E-state index < -0.39 is 0 Å². The Morgan fingerprint density at radius 3 is 2.48 bits per heavy atom. The molecule has 0 atom stereocenters. The molecule has 0 bridgehead atoms. The smallest absolute Gasteiger partial charge is 0.206 e. The lowest BCUT2D eigenvalue weighted by atomic mass is 10.1. The second-order valence-electron chi connectivity index (χ2n) is 6.29. The summed E-state index contributed by atoms with van der Waals surface area (Å²) in [4.78, 5) is 5.32. The second kappa shape index (κ2) is 8.11. The van der Waals surface area contributed by atoms with E-state index in [1.807, 2.05) is 38.3 Å². The largest absolute Gasteiger partial charge is 0.255 e. The van der Waals surface area contributed by atoms with Crippen molar-refractivity contribution in [1.29, 1.82) is 5.26 Å². The maximum atomic E-state index is 14.4. The first-order chi connectivity index (χ1) is 13.0. The Hall–Kier alpha value is -3.04. The zero-order chi connectivity index (χ0) is 19.4. The van der Waals surface area contributed by atoms with Crippen LogP contribution >= 0.6 is 11.3 Å². The first-order valence-electron chi connectivity index (χ1n) is 8.55. The van der Waals surface area contributed by atoms with E-state index in [0.29, 0.717) is 21.6 Å². The summed E-state index contributed by atoms with van der Waals surface area (Å²) in [5, 5.41) is 15.5. The normalized spacial score (nSPS) is 12.4. The second-order valence-corrected chi connectivity index (χ2v) is 7.13. The molecule has 4 nitrogen and oxygen atoms in total. The van der Waals surface area contributed by atoms with Gasteiger partial charge in [0, 0.05) is 17.0 Å². The van der Waals surface area contributed by atoms with Crippen LogP contribution in [0, 0.1) is 17.1 Å². The first kappa shape index (κ1) is 18.7. The van der Waals surface area contributed by atoms with Crippen LogP contribution in [0.3, 0.4) is 0 Å². The zero-order valence-electron chi connectivity index (χ0n) is 15.3. The number of nitriles is 1. The van der Waals surface area contributed by atoms with Crippen LogP contribution in [-0.4, -0.2) is 16.4 Å². The Kier molecular flexibility index (Phi) is 5.63. The summed E-state index contributed by atoms with van der Waals surface area (Å²) in [7, 11) is 0. The number of benzene rings is 2. The lowest BCUT2D eigenvalue weighted by Crippen LogP contribution is -2.16. The van der Waals surface area contributed by atoms with Gasteiger partial charge in [0.25, 0.3) is 0 Å². The lowest BCUT2D eigenvalue weighted by Gasteiger charge is -2.07. The first-order valence-corrected chi connectivity index (χ1v) is 9.43. The summed E-state index contributed by atoms with van der Waals surface area (Å²) in [6.07, 6.45) is 0. The lowest BCUT2D eigenvalue weighted by molar-refractivity contribution is 0.628. The minimum Gasteiger partial charge on any atom is -0.255 e. The number of rotatable bonds is 4. The SMILES string of the molecule is CC(=Nn1c(-c2ccccc2F)csc1=NC(C)C)c1ccc(C#N)cc1. The fourth-order valence-electron chi connectivity index (χ4n) is 2.55. The molecule has 0 aliphatic rings. The molecule has 0 amide bonds. The Balaban J connectivity index is 2.16. The van der Waals surface area contributed by atoms with Crippen molar-refractivity contribution in [2.24, 2.45) is 10.1 Å². The molecule has 0 saturated heterocycles. The highest BCUT2D eigenvalue weighted by atomic mass is 32.1. The van der Waals surface area contributed by atoms with Gasteiger partial charge >= 0.3 is 0 Å². The quantitative estimate of drug-likeness (QED) is 0.601. The topological polar surface area (TPSA) is 53.4 Å². The molecular weight excluding hydrogens is 359 g/mol. The van der Waals surface area contributed by atoms with Crippen LogP contribution in [0.1, 0.15) is 31.9 Å². The monoisotopic (exact) mass is 378 g/mol. The maximum Gasteiger partial charge on any atom is 0.206 e. The number of hydrogen-bond acceptors (Lipinski definition) is 4. The summed E-state index contributed by atoms with van der Waals surface area (Å²) < 4.78 is 16.0. The molecule has 1 aromatic heterocycles. The molecule has 0 spiro atoms. The van der Waals surface area contributed by atoms with Crippen molar-refractivity contribution in [2.75, 3.05) is 0 Å². The van der Waals surface area contributed by atoms with Gasteiger partial charge < -0.3 is 0 Å². The van der Waals surface area contributed by atoms with E-state index >= 15 is 0 Å². The van der Waals surface area contributed by atoms with E-state index in [9.17, 15) is 4.39 Å². The fraction of sp³-hybridized carbons (Fsp3) is 0.190. The van der Waals surface area contributed by atoms with Gasteiger partial charge in [-0.15, -0.1) is 11.3 Å². The molecule has 6 heteroatoms. The average Bonchev–Trinajstić information content (AvgIpc) is 3.03. The van der Waals surface area contributed by atoms with Gasteiger partial charge in [0.05, 0.1) is 23.0 Å². The number of nitrogens with zero attached hydrogens (tertiary/aromatic N) is 4. The summed E-state index contributed by atoms with van der Waals surface area (Å²) in [6, 6.07) is 16.1. The van der Waals surface area contributed by atoms with Gasteiger partial charge in [0.15, 0.2) is 0 Å². The van der Waals surface area contributed by atoms with Gasteiger partial charge in [-0.05, 0) is 50.6 Å². The standard InChI is InChI=1S/C21H19FN4S/c1-14(2)24-21-26(20(13-27-21)18-6-4-5-7-19(18)22)25-15(3)17-10-8-16(12-23)9-11-17/h4-11,13-14H,1-3H3. The molecule has 3 rings (SSSR count). The van der Waals surface area contributed by atoms with Crippen LogP contribution in [0.25, 0.3) is 11.3 Å². The highest BCUT2D eigenvalue weighted by molar-refractivity contribution is 7.07. The van der Waals surface area contributed by atoms with E-state index in [4.69, 9.17) is 10.4 Å². The number of thiazole rings is 1. The molecule has 1 heterocycles. The van der Waals surface area contributed by atoms with E-state index in [1.54, 1.807) is 35.0 Å². The summed E-state index contributed by atoms with van der Waals surface area (Å²) >= 11 is 1.43. The van der Waals surface area contributed by atoms with Crippen molar-refractivity contribution >= 4 is 17.0 Å². The molecule has 0 radical (unpaired) electrons. The van der Waals surface area contributed by atoms with Gasteiger partial charge in [-0.25, -0.2) is 9.07 Å². The third-order valence-electron chi connectivity index (χ3n) is 3.89. The van der Waals surface area contributed by atoms with Crippen LogP contribution in [0.2, 0.25) is 0 Å². The van der Waals surface area contributed by atoms with Gasteiger partial charge in [0.1, 0.15) is 5.82 Å². The van der Waals surface area contributed by atoms with Crippen LogP contribution in [-0.2, 0) is 0 Å². The van der Waals surface area contributed by atoms with Gasteiger partial charge in [-0.2, -0.15) is 10.4 Å². The van der Waals surface area contributed by atoms with E-state index in [2.05, 4.69) is 11.1 Å². The molecule has 3 aromatic rings. The van der Waals surface area contributed by atoms with Crippen LogP contribution in [0.4, 0.5) is 4.39 Å². The summed E-state index contributed by atoms with van der Waals surface area (Å²) in [5.41, 5.74) is 3.38. The molecule has 0 fully saturated rings. The molecule has 0 N–H and O–H groups in total. The van der Waals surface area contributed by atoms with Crippen molar-refractivity contribution in [3.8, 4) is 17.3 Å². The van der Waals surface area contributed by atoms with Crippen LogP contribution < -0.4 is 4.80 Å². The molecule has 0 aliphatic heterocycles. The summed E-state index contributed by atoms with van der Waals surface area (Å²) in [6.45, 7) is 5.87. The molecular formula is C21H19FN4S. The number of hydrogen-bond donors (Lipinski definition) is 0. The predicted molar refractivity (Wildman–Crippen MR) is 107 cm³/mol. The molecule has 27 heavy (non-hydrogen) atoms. The Bertz CT molecular complexity index is 1080. The maximum absolute atomic E-state index is 14.4.